The molecule has 0 saturated carbocycles. The van der Waals surface area contributed by atoms with Gasteiger partial charge in [-0.25, -0.2) is 0 Å². The van der Waals surface area contributed by atoms with Crippen LogP contribution < -0.4 is 11.1 Å². The Balaban J connectivity index is 1.85. The predicted octanol–water partition coefficient (Wildman–Crippen LogP) is -0.192. The van der Waals surface area contributed by atoms with E-state index in [4.69, 9.17) is 10.5 Å². The number of rotatable bonds is 6. The normalized spacial score (nSPS) is 16.4. The number of nitrogens with one attached hydrogen (secondary N) is 1. The molecule has 122 valence electrons. The summed E-state index contributed by atoms with van der Waals surface area (Å²) in [5, 5.41) is 6.80. The monoisotopic (exact) mass is 309 g/mol. The molecular formula is C14H23N5O3. The van der Waals surface area contributed by atoms with E-state index in [1.54, 1.807) is 11.1 Å². The lowest BCUT2D eigenvalue weighted by Crippen LogP contribution is -2.42. The van der Waals surface area contributed by atoms with Gasteiger partial charge >= 0.3 is 0 Å². The van der Waals surface area contributed by atoms with Gasteiger partial charge < -0.3 is 20.7 Å². The summed E-state index contributed by atoms with van der Waals surface area (Å²) in [4.78, 5) is 25.7. The Morgan fingerprint density at radius 3 is 2.86 bits per heavy atom. The summed E-state index contributed by atoms with van der Waals surface area (Å²) in [6, 6.07) is -0.525. The van der Waals surface area contributed by atoms with Crippen LogP contribution in [0.25, 0.3) is 0 Å². The van der Waals surface area contributed by atoms with E-state index in [-0.39, 0.29) is 18.4 Å². The van der Waals surface area contributed by atoms with Crippen molar-refractivity contribution in [1.29, 1.82) is 0 Å². The first-order valence-electron chi connectivity index (χ1n) is 7.54. The van der Waals surface area contributed by atoms with Crippen LogP contribution in [0.5, 0.6) is 0 Å². The molecule has 1 aliphatic rings. The Labute approximate surface area is 129 Å². The molecule has 22 heavy (non-hydrogen) atoms. The number of morpholine rings is 1. The molecule has 8 nitrogen and oxygen atoms in total. The van der Waals surface area contributed by atoms with Gasteiger partial charge in [-0.3, -0.25) is 14.3 Å². The SMILES string of the molecule is CCCC(N)C(=O)Nc1cnn(CC(=O)N2CCOCC2)c1. The minimum atomic E-state index is -0.525. The Morgan fingerprint density at radius 2 is 2.18 bits per heavy atom. The summed E-state index contributed by atoms with van der Waals surface area (Å²) in [6.07, 6.45) is 4.63. The topological polar surface area (TPSA) is 102 Å². The van der Waals surface area contributed by atoms with Crippen LogP contribution in [0.1, 0.15) is 19.8 Å². The van der Waals surface area contributed by atoms with Crippen LogP contribution in [0.3, 0.4) is 0 Å². The molecule has 0 spiro atoms. The van der Waals surface area contributed by atoms with Gasteiger partial charge in [-0.15, -0.1) is 0 Å². The van der Waals surface area contributed by atoms with E-state index in [0.29, 0.717) is 38.4 Å². The molecule has 1 aromatic rings. The fourth-order valence-electron chi connectivity index (χ4n) is 2.24. The third-order valence-electron chi connectivity index (χ3n) is 3.50. The van der Waals surface area contributed by atoms with E-state index >= 15 is 0 Å². The summed E-state index contributed by atoms with van der Waals surface area (Å²) in [5.41, 5.74) is 6.30. The number of hydrogen-bond donors (Lipinski definition) is 2. The van der Waals surface area contributed by atoms with Crippen molar-refractivity contribution in [2.24, 2.45) is 5.73 Å². The zero-order valence-corrected chi connectivity index (χ0v) is 12.8. The average Bonchev–Trinajstić information content (AvgIpc) is 2.95. The number of carbonyl (C=O) groups excluding carboxylic acids is 2. The number of nitrogens with two attached hydrogens (primary N) is 1. The fraction of sp³-hybridized carbons (Fsp3) is 0.643. The molecule has 1 atom stereocenters. The van der Waals surface area contributed by atoms with Crippen molar-refractivity contribution in [3.05, 3.63) is 12.4 Å². The summed E-state index contributed by atoms with van der Waals surface area (Å²) in [5.74, 6) is -0.243. The van der Waals surface area contributed by atoms with E-state index in [1.807, 2.05) is 6.92 Å². The third kappa shape index (κ3) is 4.54. The van der Waals surface area contributed by atoms with E-state index < -0.39 is 6.04 Å². The van der Waals surface area contributed by atoms with E-state index in [1.165, 1.54) is 10.9 Å². The molecule has 0 aromatic carbocycles. The van der Waals surface area contributed by atoms with Crippen LogP contribution in [0.15, 0.2) is 12.4 Å². The lowest BCUT2D eigenvalue weighted by molar-refractivity contribution is -0.136. The van der Waals surface area contributed by atoms with Gasteiger partial charge in [0.1, 0.15) is 6.54 Å². The summed E-state index contributed by atoms with van der Waals surface area (Å²) >= 11 is 0. The molecule has 3 N–H and O–H groups in total. The summed E-state index contributed by atoms with van der Waals surface area (Å²) in [7, 11) is 0. The summed E-state index contributed by atoms with van der Waals surface area (Å²) < 4.78 is 6.73. The second-order valence-electron chi connectivity index (χ2n) is 5.30. The average molecular weight is 309 g/mol. The van der Waals surface area contributed by atoms with Crippen LogP contribution in [-0.4, -0.2) is 58.8 Å². The number of ether oxygens (including phenoxy) is 1. The molecule has 0 bridgehead atoms. The quantitative estimate of drug-likeness (QED) is 0.758. The first-order valence-corrected chi connectivity index (χ1v) is 7.54. The minimum absolute atomic E-state index is 0.00744. The molecule has 0 radical (unpaired) electrons. The van der Waals surface area contributed by atoms with Crippen molar-refractivity contribution >= 4 is 17.5 Å². The lowest BCUT2D eigenvalue weighted by atomic mass is 10.2. The highest BCUT2D eigenvalue weighted by molar-refractivity contribution is 5.94. The van der Waals surface area contributed by atoms with Gasteiger partial charge in [-0.2, -0.15) is 5.10 Å². The maximum absolute atomic E-state index is 12.1. The Kier molecular flexibility index (Phi) is 5.91. The molecule has 2 rings (SSSR count). The van der Waals surface area contributed by atoms with Crippen molar-refractivity contribution in [2.75, 3.05) is 31.6 Å². The number of nitrogens with zero attached hydrogens (tertiary/aromatic N) is 3. The maximum atomic E-state index is 12.1. The van der Waals surface area contributed by atoms with E-state index in [9.17, 15) is 9.59 Å². The van der Waals surface area contributed by atoms with Crippen molar-refractivity contribution in [1.82, 2.24) is 14.7 Å². The molecule has 1 saturated heterocycles. The number of carbonyl (C=O) groups is 2. The third-order valence-corrected chi connectivity index (χ3v) is 3.50. The Bertz CT molecular complexity index is 510. The molecule has 1 fully saturated rings. The first-order chi connectivity index (χ1) is 10.6. The maximum Gasteiger partial charge on any atom is 0.244 e. The molecular weight excluding hydrogens is 286 g/mol. The molecule has 2 amide bonds. The highest BCUT2D eigenvalue weighted by Crippen LogP contribution is 2.07. The summed E-state index contributed by atoms with van der Waals surface area (Å²) in [6.45, 7) is 4.48. The highest BCUT2D eigenvalue weighted by atomic mass is 16.5. The smallest absolute Gasteiger partial charge is 0.244 e. The number of aromatic nitrogens is 2. The van der Waals surface area contributed by atoms with Crippen LogP contribution in [0.4, 0.5) is 5.69 Å². The number of amides is 2. The van der Waals surface area contributed by atoms with Crippen LogP contribution in [-0.2, 0) is 20.9 Å². The van der Waals surface area contributed by atoms with Crippen molar-refractivity contribution in [3.63, 3.8) is 0 Å². The van der Waals surface area contributed by atoms with Crippen molar-refractivity contribution in [3.8, 4) is 0 Å². The van der Waals surface area contributed by atoms with Crippen molar-refractivity contribution < 1.29 is 14.3 Å². The molecule has 1 unspecified atom stereocenters. The van der Waals surface area contributed by atoms with Gasteiger partial charge in [0.25, 0.3) is 0 Å². The van der Waals surface area contributed by atoms with Gasteiger partial charge in [0.2, 0.25) is 11.8 Å². The molecule has 1 aliphatic heterocycles. The second-order valence-corrected chi connectivity index (χ2v) is 5.30. The fourth-order valence-corrected chi connectivity index (χ4v) is 2.24. The van der Waals surface area contributed by atoms with Crippen LogP contribution in [0, 0.1) is 0 Å². The van der Waals surface area contributed by atoms with Crippen LogP contribution >= 0.6 is 0 Å². The number of hydrogen-bond acceptors (Lipinski definition) is 5. The first kappa shape index (κ1) is 16.4. The van der Waals surface area contributed by atoms with Gasteiger partial charge in [0.05, 0.1) is 31.1 Å². The molecule has 1 aromatic heterocycles. The highest BCUT2D eigenvalue weighted by Gasteiger charge is 2.18. The van der Waals surface area contributed by atoms with E-state index in [0.717, 1.165) is 6.42 Å². The van der Waals surface area contributed by atoms with Gasteiger partial charge in [0, 0.05) is 19.3 Å². The largest absolute Gasteiger partial charge is 0.378 e. The predicted molar refractivity (Wildman–Crippen MR) is 81.1 cm³/mol. The van der Waals surface area contributed by atoms with Crippen LogP contribution in [0.2, 0.25) is 0 Å². The zero-order valence-electron chi connectivity index (χ0n) is 12.8. The second kappa shape index (κ2) is 7.90. The lowest BCUT2D eigenvalue weighted by Gasteiger charge is -2.26. The van der Waals surface area contributed by atoms with Gasteiger partial charge in [0.15, 0.2) is 0 Å². The van der Waals surface area contributed by atoms with Crippen molar-refractivity contribution in [2.45, 2.75) is 32.4 Å². The van der Waals surface area contributed by atoms with Gasteiger partial charge in [-0.1, -0.05) is 13.3 Å². The van der Waals surface area contributed by atoms with Gasteiger partial charge in [-0.05, 0) is 6.42 Å². The minimum Gasteiger partial charge on any atom is -0.378 e. The Morgan fingerprint density at radius 1 is 1.45 bits per heavy atom. The molecule has 0 aliphatic carbocycles. The van der Waals surface area contributed by atoms with E-state index in [2.05, 4.69) is 10.4 Å². The zero-order chi connectivity index (χ0) is 15.9. The standard InChI is InChI=1S/C14H23N5O3/c1-2-3-12(15)14(21)17-11-8-16-19(9-11)10-13(20)18-4-6-22-7-5-18/h8-9,12H,2-7,10,15H2,1H3,(H,17,21). The Hall–Kier alpha value is -1.93. The molecule has 2 heterocycles. The molecule has 8 heteroatoms. The number of anilines is 1.